The summed E-state index contributed by atoms with van der Waals surface area (Å²) in [6.07, 6.45) is -6.59. The van der Waals surface area contributed by atoms with Crippen molar-refractivity contribution in [3.8, 4) is 5.75 Å². The Bertz CT molecular complexity index is 2450. The highest BCUT2D eigenvalue weighted by Crippen LogP contribution is 2.44. The third-order valence-corrected chi connectivity index (χ3v) is 13.8. The van der Waals surface area contributed by atoms with E-state index in [4.69, 9.17) is 42.6 Å². The first kappa shape index (κ1) is 54.6. The molecule has 390 valence electrons. The van der Waals surface area contributed by atoms with Crippen molar-refractivity contribution >= 4 is 18.0 Å². The number of aliphatic hydroxyl groups excluding tert-OH is 1. The van der Waals surface area contributed by atoms with Crippen LogP contribution in [0.15, 0.2) is 146 Å². The van der Waals surface area contributed by atoms with Gasteiger partial charge in [0, 0.05) is 32.4 Å². The summed E-state index contributed by atoms with van der Waals surface area (Å²) in [6, 6.07) is 46.0. The van der Waals surface area contributed by atoms with Crippen LogP contribution in [-0.4, -0.2) is 97.0 Å². The normalized spacial score (nSPS) is 24.6. The summed E-state index contributed by atoms with van der Waals surface area (Å²) in [5, 5.41) is 12.5. The van der Waals surface area contributed by atoms with Crippen molar-refractivity contribution < 1.29 is 62.1 Å². The molecule has 5 aromatic rings. The second-order valence-electron chi connectivity index (χ2n) is 19.1. The zero-order chi connectivity index (χ0) is 51.7. The van der Waals surface area contributed by atoms with E-state index in [1.165, 1.54) is 14.0 Å². The largest absolute Gasteiger partial charge is 0.465 e. The van der Waals surface area contributed by atoms with E-state index in [2.05, 4.69) is 0 Å². The van der Waals surface area contributed by atoms with Gasteiger partial charge in [0.1, 0.15) is 42.9 Å². The summed E-state index contributed by atoms with van der Waals surface area (Å²) >= 11 is 0. The number of hydrogen-bond donors (Lipinski definition) is 1. The van der Waals surface area contributed by atoms with Crippen LogP contribution >= 0.6 is 0 Å². The minimum atomic E-state index is -2.03. The van der Waals surface area contributed by atoms with Gasteiger partial charge in [0.2, 0.25) is 6.29 Å². The van der Waals surface area contributed by atoms with Crippen LogP contribution in [0.3, 0.4) is 0 Å². The lowest BCUT2D eigenvalue weighted by atomic mass is 9.76. The van der Waals surface area contributed by atoms with Crippen molar-refractivity contribution in [3.63, 3.8) is 0 Å². The van der Waals surface area contributed by atoms with E-state index < -0.39 is 66.7 Å². The van der Waals surface area contributed by atoms with Gasteiger partial charge in [-0.3, -0.25) is 4.79 Å². The second-order valence-corrected chi connectivity index (χ2v) is 19.1. The molecule has 2 fully saturated rings. The lowest BCUT2D eigenvalue weighted by Crippen LogP contribution is -2.66. The number of carbonyl (C=O) groups is 3. The van der Waals surface area contributed by atoms with E-state index in [1.807, 2.05) is 173 Å². The standard InChI is InChI=1S/C59H71NO13/c1-7-50(69-43(5)61)42(4)53-41(3)40(2)34-59(72-53,57(63)65-6)73-54-52(62)51(39-66-36-46-22-14-9-15-23-46)71-56(55(54)67-37-47-24-16-10-17-25-47)70-49-30-28-44(29-31-49)32-33-60(35-45-20-12-8-13-21-45)58(64)68-38-48-26-18-11-19-27-48/h8-31,40-42,50-56,62H,7,32-39H2,1-6H3/t40?,41-,42-,50-,51?,52+,53-,54+,55?,56-,59+/m1/s1. The predicted octanol–water partition coefficient (Wildman–Crippen LogP) is 9.63. The molecule has 0 spiro atoms. The fourth-order valence-electron chi connectivity index (χ4n) is 9.56. The first-order valence-corrected chi connectivity index (χ1v) is 25.3. The van der Waals surface area contributed by atoms with E-state index >= 15 is 0 Å². The molecule has 14 nitrogen and oxygen atoms in total. The van der Waals surface area contributed by atoms with E-state index in [9.17, 15) is 19.5 Å². The number of hydrogen-bond acceptors (Lipinski definition) is 13. The molecule has 7 rings (SSSR count). The van der Waals surface area contributed by atoms with Crippen LogP contribution in [0.25, 0.3) is 0 Å². The topological polar surface area (TPSA) is 158 Å². The van der Waals surface area contributed by atoms with Gasteiger partial charge < -0.3 is 52.6 Å². The molecular weight excluding hydrogens is 931 g/mol. The van der Waals surface area contributed by atoms with Crippen molar-refractivity contribution in [2.24, 2.45) is 17.8 Å². The Morgan fingerprint density at radius 1 is 0.753 bits per heavy atom. The molecule has 1 N–H and O–H groups in total. The van der Waals surface area contributed by atoms with E-state index in [-0.39, 0.29) is 50.6 Å². The highest BCUT2D eigenvalue weighted by Gasteiger charge is 2.59. The molecule has 1 amide bonds. The van der Waals surface area contributed by atoms with Gasteiger partial charge in [-0.2, -0.15) is 0 Å². The van der Waals surface area contributed by atoms with Gasteiger partial charge in [0.25, 0.3) is 5.79 Å². The molecule has 0 aromatic heterocycles. The molecule has 0 saturated carbocycles. The number of carbonyl (C=O) groups excluding carboxylic acids is 3. The number of esters is 2. The lowest BCUT2D eigenvalue weighted by Gasteiger charge is -2.51. The molecule has 2 heterocycles. The van der Waals surface area contributed by atoms with Crippen LogP contribution in [0.2, 0.25) is 0 Å². The fourth-order valence-corrected chi connectivity index (χ4v) is 9.56. The number of amides is 1. The molecule has 0 aliphatic carbocycles. The van der Waals surface area contributed by atoms with Crippen LogP contribution in [0.4, 0.5) is 4.79 Å². The summed E-state index contributed by atoms with van der Waals surface area (Å²) < 4.78 is 57.1. The zero-order valence-electron chi connectivity index (χ0n) is 42.8. The molecule has 14 heteroatoms. The van der Waals surface area contributed by atoms with Gasteiger partial charge in [-0.05, 0) is 64.6 Å². The molecule has 3 unspecified atom stereocenters. The average molecular weight is 1000 g/mol. The summed E-state index contributed by atoms with van der Waals surface area (Å²) in [6.45, 7) is 10.4. The molecular formula is C59H71NO13. The zero-order valence-corrected chi connectivity index (χ0v) is 42.8. The number of rotatable bonds is 23. The van der Waals surface area contributed by atoms with Crippen LogP contribution in [-0.2, 0) is 80.3 Å². The smallest absolute Gasteiger partial charge is 0.410 e. The molecule has 2 aliphatic rings. The third kappa shape index (κ3) is 15.0. The van der Waals surface area contributed by atoms with Gasteiger partial charge in [0.15, 0.2) is 0 Å². The minimum absolute atomic E-state index is 0.0719. The van der Waals surface area contributed by atoms with Gasteiger partial charge in [-0.15, -0.1) is 0 Å². The molecule has 5 aromatic carbocycles. The fraction of sp³-hybridized carbons (Fsp3) is 0.441. The Kier molecular flexibility index (Phi) is 20.0. The summed E-state index contributed by atoms with van der Waals surface area (Å²) in [4.78, 5) is 41.8. The Balaban J connectivity index is 1.17. The van der Waals surface area contributed by atoms with Crippen LogP contribution in [0.5, 0.6) is 5.75 Å². The number of methoxy groups -OCH3 is 1. The maximum Gasteiger partial charge on any atom is 0.410 e. The summed E-state index contributed by atoms with van der Waals surface area (Å²) in [7, 11) is 1.27. The quantitative estimate of drug-likeness (QED) is 0.0488. The van der Waals surface area contributed by atoms with Crippen molar-refractivity contribution in [3.05, 3.63) is 173 Å². The maximum atomic E-state index is 14.3. The van der Waals surface area contributed by atoms with Crippen LogP contribution in [0, 0.1) is 17.8 Å². The number of benzene rings is 5. The van der Waals surface area contributed by atoms with Gasteiger partial charge >= 0.3 is 18.0 Å². The molecule has 0 bridgehead atoms. The van der Waals surface area contributed by atoms with Crippen molar-refractivity contribution in [2.45, 2.75) is 129 Å². The molecule has 73 heavy (non-hydrogen) atoms. The van der Waals surface area contributed by atoms with Gasteiger partial charge in [0.05, 0.1) is 33.0 Å². The Labute approximate surface area is 429 Å². The van der Waals surface area contributed by atoms with Crippen molar-refractivity contribution in [2.75, 3.05) is 20.3 Å². The predicted molar refractivity (Wildman–Crippen MR) is 272 cm³/mol. The van der Waals surface area contributed by atoms with E-state index in [1.54, 1.807) is 4.90 Å². The first-order valence-electron chi connectivity index (χ1n) is 25.3. The van der Waals surface area contributed by atoms with Gasteiger partial charge in [-0.25, -0.2) is 9.59 Å². The molecule has 2 aliphatic heterocycles. The monoisotopic (exact) mass is 1000 g/mol. The second kappa shape index (κ2) is 26.7. The summed E-state index contributed by atoms with van der Waals surface area (Å²) in [5.41, 5.74) is 4.57. The average Bonchev–Trinajstić information content (AvgIpc) is 3.41. The highest BCUT2D eigenvalue weighted by molar-refractivity contribution is 5.78. The molecule has 2 saturated heterocycles. The summed E-state index contributed by atoms with van der Waals surface area (Å²) in [5.74, 6) is -3.42. The lowest BCUT2D eigenvalue weighted by molar-refractivity contribution is -0.367. The number of ether oxygens (including phenoxy) is 9. The highest BCUT2D eigenvalue weighted by atomic mass is 16.8. The van der Waals surface area contributed by atoms with E-state index in [0.29, 0.717) is 31.7 Å². The van der Waals surface area contributed by atoms with Gasteiger partial charge in [-0.1, -0.05) is 161 Å². The minimum Gasteiger partial charge on any atom is -0.465 e. The Hall–Kier alpha value is -6.13. The maximum absolute atomic E-state index is 14.3. The Morgan fingerprint density at radius 3 is 1.90 bits per heavy atom. The first-order chi connectivity index (χ1) is 35.4. The number of aliphatic hydroxyl groups is 1. The van der Waals surface area contributed by atoms with Crippen LogP contribution in [0.1, 0.15) is 75.3 Å². The third-order valence-electron chi connectivity index (χ3n) is 13.8. The number of nitrogens with zero attached hydrogens (tertiary/aromatic N) is 1. The molecule has 11 atom stereocenters. The van der Waals surface area contributed by atoms with Crippen molar-refractivity contribution in [1.82, 2.24) is 4.90 Å². The van der Waals surface area contributed by atoms with Crippen LogP contribution < -0.4 is 4.74 Å². The Morgan fingerprint density at radius 2 is 1.33 bits per heavy atom. The SMILES string of the molecule is CC[C@@H](OC(C)=O)[C@@H](C)[C@@H]1O[C@@](O[C@@H]2C(OCc3ccccc3)[C@H](Oc3ccc(CCN(Cc4ccccc4)C(=O)OCc4ccccc4)cc3)OC(COCc3ccccc3)[C@@H]2O)(C(=O)OC)CC(C)[C@H]1C. The van der Waals surface area contributed by atoms with Crippen molar-refractivity contribution in [1.29, 1.82) is 0 Å². The van der Waals surface area contributed by atoms with E-state index in [0.717, 1.165) is 27.8 Å². The molecule has 0 radical (unpaired) electrons.